The highest BCUT2D eigenvalue weighted by Gasteiger charge is 2.23. The molecule has 0 atom stereocenters. The number of nitrogens with one attached hydrogen (secondary N) is 1. The van der Waals surface area contributed by atoms with Crippen molar-refractivity contribution in [1.82, 2.24) is 5.32 Å². The van der Waals surface area contributed by atoms with E-state index in [9.17, 15) is 4.79 Å². The molecular formula is C12H13N3O2. The number of amides is 1. The Labute approximate surface area is 99.2 Å². The Morgan fingerprint density at radius 3 is 3.00 bits per heavy atom. The Morgan fingerprint density at radius 1 is 1.59 bits per heavy atom. The molecule has 3 N–H and O–H groups in total. The van der Waals surface area contributed by atoms with Crippen LogP contribution in [0.25, 0.3) is 0 Å². The zero-order chi connectivity index (χ0) is 12.3. The summed E-state index contributed by atoms with van der Waals surface area (Å²) in [5.74, 6) is 0.223. The van der Waals surface area contributed by atoms with Gasteiger partial charge in [0.1, 0.15) is 11.8 Å². The largest absolute Gasteiger partial charge is 0.482 e. The summed E-state index contributed by atoms with van der Waals surface area (Å²) in [5.41, 5.74) is 6.38. The average Bonchev–Trinajstić information content (AvgIpc) is 3.11. The first-order chi connectivity index (χ1) is 8.19. The number of nitrogens with two attached hydrogens (primary N) is 1. The lowest BCUT2D eigenvalue weighted by Crippen LogP contribution is -2.30. The third-order valence-corrected chi connectivity index (χ3v) is 2.43. The molecule has 1 aromatic carbocycles. The number of anilines is 1. The lowest BCUT2D eigenvalue weighted by molar-refractivity contribution is -0.123. The molecule has 0 saturated heterocycles. The van der Waals surface area contributed by atoms with E-state index in [0.29, 0.717) is 23.0 Å². The van der Waals surface area contributed by atoms with E-state index in [1.807, 2.05) is 6.07 Å². The van der Waals surface area contributed by atoms with Gasteiger partial charge in [0.2, 0.25) is 0 Å². The van der Waals surface area contributed by atoms with E-state index < -0.39 is 0 Å². The van der Waals surface area contributed by atoms with Crippen LogP contribution in [0.4, 0.5) is 5.69 Å². The molecule has 0 heterocycles. The second-order valence-corrected chi connectivity index (χ2v) is 4.00. The maximum Gasteiger partial charge on any atom is 0.258 e. The number of nitrogens with zero attached hydrogens (tertiary/aromatic N) is 1. The molecule has 1 aliphatic rings. The van der Waals surface area contributed by atoms with Crippen LogP contribution in [0.15, 0.2) is 18.2 Å². The molecule has 1 saturated carbocycles. The molecule has 0 spiro atoms. The summed E-state index contributed by atoms with van der Waals surface area (Å²) in [4.78, 5) is 11.4. The van der Waals surface area contributed by atoms with E-state index >= 15 is 0 Å². The molecule has 5 heteroatoms. The molecule has 88 valence electrons. The van der Waals surface area contributed by atoms with Gasteiger partial charge < -0.3 is 15.8 Å². The molecule has 0 aromatic heterocycles. The Balaban J connectivity index is 1.93. The number of ether oxygens (including phenoxy) is 1. The van der Waals surface area contributed by atoms with Crippen molar-refractivity contribution in [3.8, 4) is 11.8 Å². The number of hydrogen-bond donors (Lipinski definition) is 2. The van der Waals surface area contributed by atoms with Crippen molar-refractivity contribution in [2.24, 2.45) is 0 Å². The summed E-state index contributed by atoms with van der Waals surface area (Å²) in [6.07, 6.45) is 2.08. The highest BCUT2D eigenvalue weighted by atomic mass is 16.5. The SMILES string of the molecule is N#Cc1cc(N)ccc1OCC(=O)NC1CC1. The molecule has 0 bridgehead atoms. The Bertz CT molecular complexity index is 475. The standard InChI is InChI=1S/C12H13N3O2/c13-6-8-5-9(14)1-4-11(8)17-7-12(16)15-10-2-3-10/h1,4-5,10H,2-3,7,14H2,(H,15,16). The topological polar surface area (TPSA) is 88.1 Å². The van der Waals surface area contributed by atoms with Crippen molar-refractivity contribution in [3.63, 3.8) is 0 Å². The number of carbonyl (C=O) groups excluding carboxylic acids is 1. The highest BCUT2D eigenvalue weighted by molar-refractivity contribution is 5.78. The Kier molecular flexibility index (Phi) is 3.15. The molecule has 1 fully saturated rings. The van der Waals surface area contributed by atoms with Crippen LogP contribution in [0.5, 0.6) is 5.75 Å². The van der Waals surface area contributed by atoms with Crippen molar-refractivity contribution in [3.05, 3.63) is 23.8 Å². The van der Waals surface area contributed by atoms with Crippen LogP contribution in [0.2, 0.25) is 0 Å². The predicted molar refractivity (Wildman–Crippen MR) is 62.2 cm³/mol. The van der Waals surface area contributed by atoms with Gasteiger partial charge in [-0.25, -0.2) is 0 Å². The van der Waals surface area contributed by atoms with Gasteiger partial charge in [-0.05, 0) is 31.0 Å². The van der Waals surface area contributed by atoms with Gasteiger partial charge in [0, 0.05) is 11.7 Å². The molecule has 0 aliphatic heterocycles. The highest BCUT2D eigenvalue weighted by Crippen LogP contribution is 2.21. The first-order valence-corrected chi connectivity index (χ1v) is 5.41. The summed E-state index contributed by atoms with van der Waals surface area (Å²) >= 11 is 0. The number of nitriles is 1. The quantitative estimate of drug-likeness (QED) is 0.750. The summed E-state index contributed by atoms with van der Waals surface area (Å²) in [6, 6.07) is 7.04. The molecule has 5 nitrogen and oxygen atoms in total. The predicted octanol–water partition coefficient (Wildman–Crippen LogP) is 0.798. The van der Waals surface area contributed by atoms with E-state index in [1.54, 1.807) is 12.1 Å². The second kappa shape index (κ2) is 4.74. The number of carbonyl (C=O) groups is 1. The second-order valence-electron chi connectivity index (χ2n) is 4.00. The number of hydrogen-bond acceptors (Lipinski definition) is 4. The molecular weight excluding hydrogens is 218 g/mol. The maximum atomic E-state index is 11.4. The molecule has 2 rings (SSSR count). The zero-order valence-corrected chi connectivity index (χ0v) is 9.27. The smallest absolute Gasteiger partial charge is 0.258 e. The number of benzene rings is 1. The summed E-state index contributed by atoms with van der Waals surface area (Å²) in [7, 11) is 0. The fourth-order valence-electron chi connectivity index (χ4n) is 1.40. The van der Waals surface area contributed by atoms with Gasteiger partial charge in [0.25, 0.3) is 5.91 Å². The van der Waals surface area contributed by atoms with Gasteiger partial charge in [0.15, 0.2) is 6.61 Å². The molecule has 1 aromatic rings. The lowest BCUT2D eigenvalue weighted by Gasteiger charge is -2.08. The number of rotatable bonds is 4. The molecule has 17 heavy (non-hydrogen) atoms. The van der Waals surface area contributed by atoms with Gasteiger partial charge in [-0.15, -0.1) is 0 Å². The molecule has 1 aliphatic carbocycles. The van der Waals surface area contributed by atoms with Gasteiger partial charge in [-0.2, -0.15) is 5.26 Å². The van der Waals surface area contributed by atoms with Crippen LogP contribution >= 0.6 is 0 Å². The molecule has 0 unspecified atom stereocenters. The van der Waals surface area contributed by atoms with Crippen LogP contribution in [0.3, 0.4) is 0 Å². The van der Waals surface area contributed by atoms with E-state index in [4.69, 9.17) is 15.7 Å². The minimum atomic E-state index is -0.159. The van der Waals surface area contributed by atoms with Crippen molar-refractivity contribution in [2.75, 3.05) is 12.3 Å². The van der Waals surface area contributed by atoms with Crippen molar-refractivity contribution in [1.29, 1.82) is 5.26 Å². The fourth-order valence-corrected chi connectivity index (χ4v) is 1.40. The van der Waals surface area contributed by atoms with Crippen molar-refractivity contribution in [2.45, 2.75) is 18.9 Å². The third kappa shape index (κ3) is 3.11. The van der Waals surface area contributed by atoms with E-state index in [2.05, 4.69) is 5.32 Å². The summed E-state index contributed by atoms with van der Waals surface area (Å²) in [5, 5.41) is 11.7. The maximum absolute atomic E-state index is 11.4. The summed E-state index contributed by atoms with van der Waals surface area (Å²) < 4.78 is 5.28. The van der Waals surface area contributed by atoms with Crippen LogP contribution < -0.4 is 15.8 Å². The zero-order valence-electron chi connectivity index (χ0n) is 9.27. The third-order valence-electron chi connectivity index (χ3n) is 2.43. The van der Waals surface area contributed by atoms with Gasteiger partial charge >= 0.3 is 0 Å². The summed E-state index contributed by atoms with van der Waals surface area (Å²) in [6.45, 7) is -0.0743. The fraction of sp³-hybridized carbons (Fsp3) is 0.333. The minimum Gasteiger partial charge on any atom is -0.482 e. The lowest BCUT2D eigenvalue weighted by atomic mass is 10.2. The van der Waals surface area contributed by atoms with Crippen molar-refractivity contribution >= 4 is 11.6 Å². The Hall–Kier alpha value is -2.22. The monoisotopic (exact) mass is 231 g/mol. The van der Waals surface area contributed by atoms with E-state index in [-0.39, 0.29) is 12.5 Å². The first-order valence-electron chi connectivity index (χ1n) is 5.41. The van der Waals surface area contributed by atoms with Crippen LogP contribution in [-0.2, 0) is 4.79 Å². The van der Waals surface area contributed by atoms with Gasteiger partial charge in [-0.1, -0.05) is 0 Å². The minimum absolute atomic E-state index is 0.0743. The van der Waals surface area contributed by atoms with Gasteiger partial charge in [-0.3, -0.25) is 4.79 Å². The van der Waals surface area contributed by atoms with E-state index in [0.717, 1.165) is 12.8 Å². The van der Waals surface area contributed by atoms with Gasteiger partial charge in [0.05, 0.1) is 5.56 Å². The van der Waals surface area contributed by atoms with Crippen LogP contribution in [0.1, 0.15) is 18.4 Å². The first kappa shape index (κ1) is 11.3. The van der Waals surface area contributed by atoms with Crippen LogP contribution in [0, 0.1) is 11.3 Å². The average molecular weight is 231 g/mol. The molecule has 0 radical (unpaired) electrons. The normalized spacial score (nSPS) is 13.8. The van der Waals surface area contributed by atoms with Crippen molar-refractivity contribution < 1.29 is 9.53 Å². The number of nitrogen functional groups attached to an aromatic ring is 1. The van der Waals surface area contributed by atoms with E-state index in [1.165, 1.54) is 6.07 Å². The Morgan fingerprint density at radius 2 is 2.35 bits per heavy atom. The molecule has 1 amide bonds. The van der Waals surface area contributed by atoms with Crippen LogP contribution in [-0.4, -0.2) is 18.6 Å².